The van der Waals surface area contributed by atoms with Gasteiger partial charge in [-0.1, -0.05) is 12.1 Å². The SMILES string of the molecule is O=C(c1ccccc1Oc1ccncc1)N1CCCC1. The number of aromatic nitrogens is 1. The average Bonchev–Trinajstić information content (AvgIpc) is 3.02. The largest absolute Gasteiger partial charge is 0.456 e. The predicted octanol–water partition coefficient (Wildman–Crippen LogP) is 3.11. The molecule has 4 heteroatoms. The number of hydrogen-bond acceptors (Lipinski definition) is 3. The Kier molecular flexibility index (Phi) is 3.63. The van der Waals surface area contributed by atoms with E-state index in [1.807, 2.05) is 29.2 Å². The van der Waals surface area contributed by atoms with Crippen LogP contribution < -0.4 is 4.74 Å². The minimum atomic E-state index is 0.0483. The van der Waals surface area contributed by atoms with Gasteiger partial charge in [-0.15, -0.1) is 0 Å². The lowest BCUT2D eigenvalue weighted by molar-refractivity contribution is 0.0790. The van der Waals surface area contributed by atoms with E-state index >= 15 is 0 Å². The first-order valence-corrected chi connectivity index (χ1v) is 6.81. The first-order valence-electron chi connectivity index (χ1n) is 6.81. The highest BCUT2D eigenvalue weighted by molar-refractivity contribution is 5.97. The van der Waals surface area contributed by atoms with Crippen molar-refractivity contribution in [3.8, 4) is 11.5 Å². The van der Waals surface area contributed by atoms with Crippen molar-refractivity contribution in [2.24, 2.45) is 0 Å². The molecule has 102 valence electrons. The third-order valence-electron chi connectivity index (χ3n) is 3.39. The number of likely N-dealkylation sites (tertiary alicyclic amines) is 1. The zero-order valence-electron chi connectivity index (χ0n) is 11.2. The summed E-state index contributed by atoms with van der Waals surface area (Å²) in [5.41, 5.74) is 0.617. The molecule has 0 unspecified atom stereocenters. The number of carbonyl (C=O) groups is 1. The number of benzene rings is 1. The van der Waals surface area contributed by atoms with Crippen molar-refractivity contribution >= 4 is 5.91 Å². The Labute approximate surface area is 118 Å². The van der Waals surface area contributed by atoms with Crippen molar-refractivity contribution in [3.63, 3.8) is 0 Å². The summed E-state index contributed by atoms with van der Waals surface area (Å²) in [7, 11) is 0. The van der Waals surface area contributed by atoms with E-state index < -0.39 is 0 Å². The van der Waals surface area contributed by atoms with E-state index in [0.29, 0.717) is 17.1 Å². The van der Waals surface area contributed by atoms with Gasteiger partial charge in [0.25, 0.3) is 5.91 Å². The Hall–Kier alpha value is -2.36. The molecule has 0 atom stereocenters. The Morgan fingerprint density at radius 3 is 2.50 bits per heavy atom. The highest BCUT2D eigenvalue weighted by Crippen LogP contribution is 2.26. The molecule has 2 heterocycles. The predicted molar refractivity (Wildman–Crippen MR) is 75.9 cm³/mol. The van der Waals surface area contributed by atoms with Gasteiger partial charge in [0, 0.05) is 25.5 Å². The molecule has 1 amide bonds. The van der Waals surface area contributed by atoms with E-state index in [2.05, 4.69) is 4.98 Å². The summed E-state index contributed by atoms with van der Waals surface area (Å²) in [4.78, 5) is 18.3. The molecule has 1 saturated heterocycles. The van der Waals surface area contributed by atoms with Crippen LogP contribution in [0.25, 0.3) is 0 Å². The highest BCUT2D eigenvalue weighted by atomic mass is 16.5. The molecule has 1 aliphatic heterocycles. The first-order chi connectivity index (χ1) is 9.84. The van der Waals surface area contributed by atoms with Gasteiger partial charge in [-0.05, 0) is 37.1 Å². The van der Waals surface area contributed by atoms with Crippen LogP contribution in [0.2, 0.25) is 0 Å². The van der Waals surface area contributed by atoms with Gasteiger partial charge in [-0.2, -0.15) is 0 Å². The van der Waals surface area contributed by atoms with Gasteiger partial charge in [-0.25, -0.2) is 0 Å². The minimum absolute atomic E-state index is 0.0483. The van der Waals surface area contributed by atoms with Gasteiger partial charge in [-0.3, -0.25) is 9.78 Å². The quantitative estimate of drug-likeness (QED) is 0.859. The third-order valence-corrected chi connectivity index (χ3v) is 3.39. The van der Waals surface area contributed by atoms with Gasteiger partial charge in [0.1, 0.15) is 11.5 Å². The Balaban J connectivity index is 1.86. The van der Waals surface area contributed by atoms with E-state index in [4.69, 9.17) is 4.74 Å². The molecule has 20 heavy (non-hydrogen) atoms. The van der Waals surface area contributed by atoms with E-state index in [-0.39, 0.29) is 5.91 Å². The summed E-state index contributed by atoms with van der Waals surface area (Å²) in [6, 6.07) is 10.9. The molecule has 0 bridgehead atoms. The van der Waals surface area contributed by atoms with Crippen LogP contribution in [0.3, 0.4) is 0 Å². The molecular weight excluding hydrogens is 252 g/mol. The number of carbonyl (C=O) groups excluding carboxylic acids is 1. The minimum Gasteiger partial charge on any atom is -0.456 e. The smallest absolute Gasteiger partial charge is 0.257 e. The van der Waals surface area contributed by atoms with Crippen LogP contribution in [0.1, 0.15) is 23.2 Å². The Morgan fingerprint density at radius 1 is 1.05 bits per heavy atom. The second kappa shape index (κ2) is 5.74. The molecule has 1 aliphatic rings. The van der Waals surface area contributed by atoms with Crippen LogP contribution >= 0.6 is 0 Å². The fourth-order valence-electron chi connectivity index (χ4n) is 2.36. The molecule has 4 nitrogen and oxygen atoms in total. The summed E-state index contributed by atoms with van der Waals surface area (Å²) < 4.78 is 5.80. The molecule has 3 rings (SSSR count). The fraction of sp³-hybridized carbons (Fsp3) is 0.250. The number of ether oxygens (including phenoxy) is 1. The molecule has 1 aromatic carbocycles. The van der Waals surface area contributed by atoms with Crippen molar-refractivity contribution in [1.82, 2.24) is 9.88 Å². The van der Waals surface area contributed by atoms with E-state index in [1.165, 1.54) is 0 Å². The third kappa shape index (κ3) is 2.64. The van der Waals surface area contributed by atoms with Gasteiger partial charge in [0.2, 0.25) is 0 Å². The van der Waals surface area contributed by atoms with Crippen molar-refractivity contribution < 1.29 is 9.53 Å². The molecule has 0 saturated carbocycles. The fourth-order valence-corrected chi connectivity index (χ4v) is 2.36. The number of hydrogen-bond donors (Lipinski definition) is 0. The second-order valence-electron chi connectivity index (χ2n) is 4.78. The van der Waals surface area contributed by atoms with Crippen molar-refractivity contribution in [2.75, 3.05) is 13.1 Å². The molecule has 1 fully saturated rings. The Bertz CT molecular complexity index is 592. The monoisotopic (exact) mass is 268 g/mol. The van der Waals surface area contributed by atoms with Crippen molar-refractivity contribution in [3.05, 3.63) is 54.4 Å². The molecule has 1 aromatic heterocycles. The average molecular weight is 268 g/mol. The van der Waals surface area contributed by atoms with Crippen LogP contribution in [0.15, 0.2) is 48.8 Å². The maximum absolute atomic E-state index is 12.5. The number of nitrogens with zero attached hydrogens (tertiary/aromatic N) is 2. The maximum atomic E-state index is 12.5. The van der Waals surface area contributed by atoms with E-state index in [9.17, 15) is 4.79 Å². The summed E-state index contributed by atoms with van der Waals surface area (Å²) in [6.07, 6.45) is 5.50. The van der Waals surface area contributed by atoms with Gasteiger partial charge >= 0.3 is 0 Å². The zero-order chi connectivity index (χ0) is 13.8. The van der Waals surface area contributed by atoms with Crippen LogP contribution in [0, 0.1) is 0 Å². The lowest BCUT2D eigenvalue weighted by atomic mass is 10.1. The molecule has 0 aliphatic carbocycles. The van der Waals surface area contributed by atoms with Crippen LogP contribution in [0.5, 0.6) is 11.5 Å². The topological polar surface area (TPSA) is 42.4 Å². The van der Waals surface area contributed by atoms with Gasteiger partial charge < -0.3 is 9.64 Å². The lowest BCUT2D eigenvalue weighted by Gasteiger charge is -2.17. The lowest BCUT2D eigenvalue weighted by Crippen LogP contribution is -2.27. The second-order valence-corrected chi connectivity index (χ2v) is 4.78. The standard InChI is InChI=1S/C16H16N2O2/c19-16(18-11-3-4-12-18)14-5-1-2-6-15(14)20-13-7-9-17-10-8-13/h1-2,5-10H,3-4,11-12H2. The summed E-state index contributed by atoms with van der Waals surface area (Å²) in [5, 5.41) is 0. The number of rotatable bonds is 3. The highest BCUT2D eigenvalue weighted by Gasteiger charge is 2.22. The van der Waals surface area contributed by atoms with Crippen molar-refractivity contribution in [2.45, 2.75) is 12.8 Å². The summed E-state index contributed by atoms with van der Waals surface area (Å²) in [5.74, 6) is 1.32. The summed E-state index contributed by atoms with van der Waals surface area (Å²) in [6.45, 7) is 1.67. The molecular formula is C16H16N2O2. The van der Waals surface area contributed by atoms with Crippen LogP contribution in [0.4, 0.5) is 0 Å². The molecule has 0 N–H and O–H groups in total. The Morgan fingerprint density at radius 2 is 1.75 bits per heavy atom. The van der Waals surface area contributed by atoms with E-state index in [1.54, 1.807) is 24.5 Å². The van der Waals surface area contributed by atoms with Crippen LogP contribution in [-0.2, 0) is 0 Å². The first kappa shape index (κ1) is 12.7. The normalized spacial score (nSPS) is 14.3. The maximum Gasteiger partial charge on any atom is 0.257 e. The number of pyridine rings is 1. The van der Waals surface area contributed by atoms with E-state index in [0.717, 1.165) is 25.9 Å². The number of amides is 1. The van der Waals surface area contributed by atoms with Gasteiger partial charge in [0.05, 0.1) is 5.56 Å². The van der Waals surface area contributed by atoms with Crippen molar-refractivity contribution in [1.29, 1.82) is 0 Å². The molecule has 0 radical (unpaired) electrons. The molecule has 0 spiro atoms. The number of para-hydroxylation sites is 1. The van der Waals surface area contributed by atoms with Gasteiger partial charge in [0.15, 0.2) is 0 Å². The molecule has 2 aromatic rings. The summed E-state index contributed by atoms with van der Waals surface area (Å²) >= 11 is 0. The zero-order valence-corrected chi connectivity index (χ0v) is 11.2. The van der Waals surface area contributed by atoms with Crippen LogP contribution in [-0.4, -0.2) is 28.9 Å².